The van der Waals surface area contributed by atoms with Gasteiger partial charge in [0.05, 0.1) is 7.11 Å². The third-order valence-corrected chi connectivity index (χ3v) is 4.95. The number of anilines is 1. The topological polar surface area (TPSA) is 89.3 Å². The Balaban J connectivity index is 1.57. The minimum atomic E-state index is -2.61. The van der Waals surface area contributed by atoms with Crippen LogP contribution in [-0.2, 0) is 4.79 Å². The first-order valence-corrected chi connectivity index (χ1v) is 9.16. The summed E-state index contributed by atoms with van der Waals surface area (Å²) < 4.78 is 64.7. The quantitative estimate of drug-likeness (QED) is 0.574. The van der Waals surface area contributed by atoms with Crippen LogP contribution in [0, 0.1) is 11.6 Å². The molecule has 3 aromatic rings. The second-order valence-corrected chi connectivity index (χ2v) is 6.81. The summed E-state index contributed by atoms with van der Waals surface area (Å²) in [6, 6.07) is 6.08. The number of nitrogens with zero attached hydrogens (tertiary/aromatic N) is 2. The van der Waals surface area contributed by atoms with Crippen molar-refractivity contribution in [3.05, 3.63) is 59.2 Å². The molecule has 2 heterocycles. The molecule has 1 aliphatic heterocycles. The second-order valence-electron chi connectivity index (χ2n) is 6.81. The van der Waals surface area contributed by atoms with Gasteiger partial charge in [-0.1, -0.05) is 17.2 Å². The molecule has 0 radical (unpaired) electrons. The van der Waals surface area contributed by atoms with Gasteiger partial charge < -0.3 is 19.8 Å². The van der Waals surface area contributed by atoms with Crippen LogP contribution in [0.2, 0.25) is 0 Å². The van der Waals surface area contributed by atoms with E-state index in [1.165, 1.54) is 31.4 Å². The van der Waals surface area contributed by atoms with Crippen molar-refractivity contribution in [2.75, 3.05) is 19.0 Å². The van der Waals surface area contributed by atoms with Crippen molar-refractivity contribution < 1.29 is 31.5 Å². The average Bonchev–Trinajstić information content (AvgIpc) is 3.36. The summed E-state index contributed by atoms with van der Waals surface area (Å²) in [5, 5.41) is 12.9. The Kier molecular flexibility index (Phi) is 5.49. The van der Waals surface area contributed by atoms with Crippen LogP contribution in [0.25, 0.3) is 11.5 Å². The summed E-state index contributed by atoms with van der Waals surface area (Å²) in [5.41, 5.74) is -0.0424. The number of benzene rings is 2. The van der Waals surface area contributed by atoms with E-state index in [0.717, 1.165) is 12.1 Å². The van der Waals surface area contributed by atoms with Crippen LogP contribution in [-0.4, -0.2) is 35.8 Å². The van der Waals surface area contributed by atoms with Gasteiger partial charge in [-0.15, -0.1) is 5.10 Å². The van der Waals surface area contributed by atoms with E-state index in [2.05, 4.69) is 20.8 Å². The zero-order valence-electron chi connectivity index (χ0n) is 16.0. The Morgan fingerprint density at radius 3 is 2.45 bits per heavy atom. The number of aromatic nitrogens is 2. The summed E-state index contributed by atoms with van der Waals surface area (Å²) in [6.07, 6.45) is -2.61. The monoisotopic (exact) mass is 436 g/mol. The maximum atomic E-state index is 14.5. The first kappa shape index (κ1) is 20.6. The lowest BCUT2D eigenvalue weighted by Gasteiger charge is -2.19. The number of alkyl halides is 2. The molecule has 11 heteroatoms. The fourth-order valence-electron chi connectivity index (χ4n) is 3.39. The molecule has 162 valence electrons. The number of nitrogens with one attached hydrogen (secondary N) is 2. The van der Waals surface area contributed by atoms with Crippen LogP contribution < -0.4 is 15.4 Å². The van der Waals surface area contributed by atoms with Crippen LogP contribution in [0.1, 0.15) is 23.5 Å². The smallest absolute Gasteiger partial charge is 0.316 e. The van der Waals surface area contributed by atoms with Crippen molar-refractivity contribution in [3.63, 3.8) is 0 Å². The summed E-state index contributed by atoms with van der Waals surface area (Å²) in [4.78, 5) is 12.3. The Labute approximate surface area is 173 Å². The van der Waals surface area contributed by atoms with Crippen LogP contribution in [0.4, 0.5) is 23.6 Å². The molecular formula is C20H16F4N4O3. The van der Waals surface area contributed by atoms with E-state index in [9.17, 15) is 22.4 Å². The Bertz CT molecular complexity index is 1080. The molecule has 1 saturated heterocycles. The lowest BCUT2D eigenvalue weighted by atomic mass is 9.93. The molecule has 2 N–H and O–H groups in total. The number of hydrogen-bond acceptors (Lipinski definition) is 6. The number of methoxy groups -OCH3 is 1. The van der Waals surface area contributed by atoms with Crippen LogP contribution in [0.5, 0.6) is 5.75 Å². The van der Waals surface area contributed by atoms with Gasteiger partial charge in [0.1, 0.15) is 23.4 Å². The largest absolute Gasteiger partial charge is 0.497 e. The summed E-state index contributed by atoms with van der Waals surface area (Å²) in [7, 11) is 1.28. The first-order valence-electron chi connectivity index (χ1n) is 9.16. The van der Waals surface area contributed by atoms with E-state index < -0.39 is 35.9 Å². The number of ether oxygens (including phenoxy) is 1. The molecule has 31 heavy (non-hydrogen) atoms. The van der Waals surface area contributed by atoms with Crippen LogP contribution in [0.15, 0.2) is 40.8 Å². The fourth-order valence-corrected chi connectivity index (χ4v) is 3.39. The molecule has 2 atom stereocenters. The zero-order valence-corrected chi connectivity index (χ0v) is 16.0. The molecule has 2 aromatic carbocycles. The third kappa shape index (κ3) is 4.03. The van der Waals surface area contributed by atoms with Gasteiger partial charge in [0.2, 0.25) is 11.8 Å². The van der Waals surface area contributed by atoms with Gasteiger partial charge in [-0.05, 0) is 12.1 Å². The van der Waals surface area contributed by atoms with Gasteiger partial charge in [-0.2, -0.15) is 0 Å². The van der Waals surface area contributed by atoms with Gasteiger partial charge in [0, 0.05) is 41.3 Å². The van der Waals surface area contributed by atoms with Crippen LogP contribution >= 0.6 is 0 Å². The Morgan fingerprint density at radius 1 is 1.16 bits per heavy atom. The lowest BCUT2D eigenvalue weighted by molar-refractivity contribution is -0.119. The lowest BCUT2D eigenvalue weighted by Crippen LogP contribution is -2.33. The number of amides is 1. The molecule has 0 saturated carbocycles. The van der Waals surface area contributed by atoms with Crippen molar-refractivity contribution in [2.24, 2.45) is 0 Å². The van der Waals surface area contributed by atoms with E-state index in [4.69, 9.17) is 9.15 Å². The second kappa shape index (κ2) is 8.25. The average molecular weight is 436 g/mol. The van der Waals surface area contributed by atoms with E-state index >= 15 is 0 Å². The molecule has 0 spiro atoms. The van der Waals surface area contributed by atoms with Crippen molar-refractivity contribution in [3.8, 4) is 17.2 Å². The Hall–Kier alpha value is -3.63. The highest BCUT2D eigenvalue weighted by Crippen LogP contribution is 2.33. The third-order valence-electron chi connectivity index (χ3n) is 4.95. The molecule has 1 aromatic heterocycles. The highest BCUT2D eigenvalue weighted by atomic mass is 19.3. The van der Waals surface area contributed by atoms with Crippen molar-refractivity contribution in [2.45, 2.75) is 18.4 Å². The number of carbonyl (C=O) groups is 1. The number of halogens is 4. The highest BCUT2D eigenvalue weighted by Gasteiger charge is 2.40. The summed E-state index contributed by atoms with van der Waals surface area (Å²) in [5.74, 6) is -3.05. The predicted octanol–water partition coefficient (Wildman–Crippen LogP) is 3.66. The van der Waals surface area contributed by atoms with Gasteiger partial charge in [-0.25, -0.2) is 17.6 Å². The number of carbonyl (C=O) groups excluding carboxylic acids is 1. The first-order chi connectivity index (χ1) is 14.9. The zero-order chi connectivity index (χ0) is 22.1. The van der Waals surface area contributed by atoms with Gasteiger partial charge in [0.25, 0.3) is 6.43 Å². The molecule has 1 fully saturated rings. The maximum Gasteiger partial charge on any atom is 0.316 e. The molecular weight excluding hydrogens is 420 g/mol. The van der Waals surface area contributed by atoms with E-state index in [1.807, 2.05) is 0 Å². The molecule has 1 aliphatic rings. The molecule has 1 unspecified atom stereocenters. The number of rotatable bonds is 6. The van der Waals surface area contributed by atoms with Gasteiger partial charge in [-0.3, -0.25) is 4.79 Å². The standard InChI is InChI=1S/C20H16F4N4O3/c1-30-11-6-13(21)15(14(22)7-11)12-8-25-18(29)16(12)26-20-28-27-19(31-20)10-4-2-9(3-5-10)17(23)24/h2-7,12,16-17H,8H2,1H3,(H,25,29)(H,26,28)/t12?,16-/m1/s1. The van der Waals surface area contributed by atoms with Gasteiger partial charge in [0.15, 0.2) is 0 Å². The predicted molar refractivity (Wildman–Crippen MR) is 101 cm³/mol. The SMILES string of the molecule is COc1cc(F)c(C2CNC(=O)[C@@H]2Nc2nnc(-c3ccc(C(F)F)cc3)o2)c(F)c1. The van der Waals surface area contributed by atoms with E-state index in [0.29, 0.717) is 5.56 Å². The minimum Gasteiger partial charge on any atom is -0.497 e. The summed E-state index contributed by atoms with van der Waals surface area (Å²) in [6.45, 7) is -0.00719. The van der Waals surface area contributed by atoms with Gasteiger partial charge >= 0.3 is 6.01 Å². The Morgan fingerprint density at radius 2 is 1.84 bits per heavy atom. The van der Waals surface area contributed by atoms with Crippen molar-refractivity contribution >= 4 is 11.9 Å². The maximum absolute atomic E-state index is 14.5. The minimum absolute atomic E-state index is 0.00719. The van der Waals surface area contributed by atoms with Crippen molar-refractivity contribution in [1.29, 1.82) is 0 Å². The molecule has 7 nitrogen and oxygen atoms in total. The number of hydrogen-bond donors (Lipinski definition) is 2. The van der Waals surface area contributed by atoms with E-state index in [1.54, 1.807) is 0 Å². The molecule has 1 amide bonds. The highest BCUT2D eigenvalue weighted by molar-refractivity contribution is 5.88. The molecule has 0 aliphatic carbocycles. The normalized spacial score (nSPS) is 18.3. The van der Waals surface area contributed by atoms with Crippen LogP contribution in [0.3, 0.4) is 0 Å². The summed E-state index contributed by atoms with van der Waals surface area (Å²) >= 11 is 0. The molecule has 4 rings (SSSR count). The fraction of sp³-hybridized carbons (Fsp3) is 0.250. The van der Waals surface area contributed by atoms with E-state index in [-0.39, 0.29) is 35.3 Å². The van der Waals surface area contributed by atoms with Crippen molar-refractivity contribution in [1.82, 2.24) is 15.5 Å². The molecule has 0 bridgehead atoms.